The highest BCUT2D eigenvalue weighted by Gasteiger charge is 2.14. The van der Waals surface area contributed by atoms with Crippen LogP contribution in [0.3, 0.4) is 0 Å². The van der Waals surface area contributed by atoms with Crippen LogP contribution in [0.25, 0.3) is 0 Å². The molecule has 0 saturated carbocycles. The molecule has 0 spiro atoms. The molecule has 0 heterocycles. The Balaban J connectivity index is 0. The maximum atomic E-state index is 5.03. The van der Waals surface area contributed by atoms with Gasteiger partial charge in [-0.15, -0.1) is 0 Å². The van der Waals surface area contributed by atoms with Crippen LogP contribution in [0, 0.1) is 0 Å². The molecule has 0 radical (unpaired) electrons. The number of rotatable bonds is 5. The lowest BCUT2D eigenvalue weighted by Crippen LogP contribution is -3.00. The van der Waals surface area contributed by atoms with Gasteiger partial charge in [0.2, 0.25) is 0 Å². The summed E-state index contributed by atoms with van der Waals surface area (Å²) in [6, 6.07) is 0. The molecule has 0 aliphatic carbocycles. The Morgan fingerprint density at radius 1 is 1.18 bits per heavy atom. The van der Waals surface area contributed by atoms with E-state index < -0.39 is 0 Å². The Labute approximate surface area is 80.9 Å². The zero-order chi connectivity index (χ0) is 8.04. The molecule has 0 aliphatic rings. The molecular formula is C8H20BrNO. The molecule has 3 heteroatoms. The van der Waals surface area contributed by atoms with Crippen molar-refractivity contribution in [2.75, 3.05) is 40.4 Å². The van der Waals surface area contributed by atoms with Crippen LogP contribution in [0.5, 0.6) is 0 Å². The second kappa shape index (κ2) is 7.07. The normalized spacial score (nSPS) is 10.9. The maximum Gasteiger partial charge on any atom is 0.102 e. The highest BCUT2D eigenvalue weighted by molar-refractivity contribution is 4.32. The van der Waals surface area contributed by atoms with E-state index in [-0.39, 0.29) is 17.0 Å². The minimum atomic E-state index is 0. The zero-order valence-electron chi connectivity index (χ0n) is 8.06. The van der Waals surface area contributed by atoms with Crippen LogP contribution in [-0.2, 0) is 4.74 Å². The topological polar surface area (TPSA) is 9.23 Å². The second-order valence-electron chi connectivity index (χ2n) is 2.97. The first-order valence-electron chi connectivity index (χ1n) is 4.01. The quantitative estimate of drug-likeness (QED) is 0.499. The van der Waals surface area contributed by atoms with Gasteiger partial charge in [0.1, 0.15) is 6.54 Å². The maximum absolute atomic E-state index is 5.03. The van der Waals surface area contributed by atoms with E-state index in [9.17, 15) is 0 Å². The van der Waals surface area contributed by atoms with Gasteiger partial charge in [0.15, 0.2) is 0 Å². The Morgan fingerprint density at radius 3 is 1.91 bits per heavy atom. The fourth-order valence-corrected chi connectivity index (χ4v) is 0.852. The Kier molecular flexibility index (Phi) is 8.97. The SMILES string of the molecule is CC[N+](C)(CC)CCOC.[Br-]. The number of nitrogens with zero attached hydrogens (tertiary/aromatic N) is 1. The van der Waals surface area contributed by atoms with Crippen molar-refractivity contribution in [1.29, 1.82) is 0 Å². The van der Waals surface area contributed by atoms with Gasteiger partial charge in [-0.05, 0) is 13.8 Å². The summed E-state index contributed by atoms with van der Waals surface area (Å²) in [5.74, 6) is 0. The molecule has 0 aliphatic heterocycles. The highest BCUT2D eigenvalue weighted by atomic mass is 79.9. The van der Waals surface area contributed by atoms with Crippen molar-refractivity contribution in [2.24, 2.45) is 0 Å². The Hall–Kier alpha value is 0.400. The number of methoxy groups -OCH3 is 1. The zero-order valence-corrected chi connectivity index (χ0v) is 9.65. The monoisotopic (exact) mass is 225 g/mol. The third kappa shape index (κ3) is 5.65. The molecule has 0 N–H and O–H groups in total. The lowest BCUT2D eigenvalue weighted by atomic mass is 10.4. The summed E-state index contributed by atoms with van der Waals surface area (Å²) in [6.45, 7) is 8.83. The summed E-state index contributed by atoms with van der Waals surface area (Å²) in [5, 5.41) is 0. The molecule has 0 rings (SSSR count). The van der Waals surface area contributed by atoms with Crippen molar-refractivity contribution in [2.45, 2.75) is 13.8 Å². The number of halogens is 1. The third-order valence-electron chi connectivity index (χ3n) is 2.36. The standard InChI is InChI=1S/C8H20NO.BrH/c1-5-9(3,6-2)7-8-10-4;/h5-8H2,1-4H3;1H/q+1;/p-1. The van der Waals surface area contributed by atoms with Crippen LogP contribution < -0.4 is 17.0 Å². The van der Waals surface area contributed by atoms with Gasteiger partial charge in [-0.2, -0.15) is 0 Å². The number of hydrogen-bond acceptors (Lipinski definition) is 1. The second-order valence-corrected chi connectivity index (χ2v) is 2.97. The van der Waals surface area contributed by atoms with E-state index in [4.69, 9.17) is 4.74 Å². The van der Waals surface area contributed by atoms with E-state index in [1.165, 1.54) is 13.1 Å². The van der Waals surface area contributed by atoms with Crippen LogP contribution in [0.15, 0.2) is 0 Å². The minimum Gasteiger partial charge on any atom is -1.00 e. The van der Waals surface area contributed by atoms with E-state index in [0.717, 1.165) is 17.6 Å². The van der Waals surface area contributed by atoms with E-state index in [1.807, 2.05) is 0 Å². The smallest absolute Gasteiger partial charge is 0.102 e. The van der Waals surface area contributed by atoms with Gasteiger partial charge in [0.25, 0.3) is 0 Å². The summed E-state index contributed by atoms with van der Waals surface area (Å²) >= 11 is 0. The summed E-state index contributed by atoms with van der Waals surface area (Å²) in [5.41, 5.74) is 0. The Bertz CT molecular complexity index is 84.2. The van der Waals surface area contributed by atoms with Gasteiger partial charge >= 0.3 is 0 Å². The molecule has 0 aromatic heterocycles. The first kappa shape index (κ1) is 14.0. The van der Waals surface area contributed by atoms with Crippen LogP contribution in [0.2, 0.25) is 0 Å². The molecule has 2 nitrogen and oxygen atoms in total. The van der Waals surface area contributed by atoms with Gasteiger partial charge in [0.05, 0.1) is 26.7 Å². The van der Waals surface area contributed by atoms with E-state index in [2.05, 4.69) is 20.9 Å². The average Bonchev–Trinajstić information content (AvgIpc) is 2.00. The molecule has 70 valence electrons. The largest absolute Gasteiger partial charge is 1.00 e. The number of hydrogen-bond donors (Lipinski definition) is 0. The summed E-state index contributed by atoms with van der Waals surface area (Å²) < 4.78 is 6.14. The fourth-order valence-electron chi connectivity index (χ4n) is 0.852. The molecule has 0 unspecified atom stereocenters. The van der Waals surface area contributed by atoms with Gasteiger partial charge in [-0.3, -0.25) is 0 Å². The van der Waals surface area contributed by atoms with E-state index in [1.54, 1.807) is 7.11 Å². The van der Waals surface area contributed by atoms with Crippen molar-refractivity contribution in [3.63, 3.8) is 0 Å². The molecule has 0 aromatic rings. The van der Waals surface area contributed by atoms with Crippen molar-refractivity contribution in [1.82, 2.24) is 0 Å². The lowest BCUT2D eigenvalue weighted by molar-refractivity contribution is -0.906. The van der Waals surface area contributed by atoms with Crippen molar-refractivity contribution < 1.29 is 26.2 Å². The molecule has 0 fully saturated rings. The van der Waals surface area contributed by atoms with Crippen molar-refractivity contribution in [3.05, 3.63) is 0 Å². The average molecular weight is 226 g/mol. The van der Waals surface area contributed by atoms with Crippen LogP contribution in [-0.4, -0.2) is 44.9 Å². The molecule has 0 bridgehead atoms. The highest BCUT2D eigenvalue weighted by Crippen LogP contribution is 1.99. The fraction of sp³-hybridized carbons (Fsp3) is 1.00. The van der Waals surface area contributed by atoms with Gasteiger partial charge in [-0.25, -0.2) is 0 Å². The predicted molar refractivity (Wildman–Crippen MR) is 44.0 cm³/mol. The molecule has 0 atom stereocenters. The van der Waals surface area contributed by atoms with E-state index >= 15 is 0 Å². The van der Waals surface area contributed by atoms with E-state index in [0.29, 0.717) is 0 Å². The predicted octanol–water partition coefficient (Wildman–Crippen LogP) is -1.88. The number of ether oxygens (including phenoxy) is 1. The van der Waals surface area contributed by atoms with Gasteiger partial charge in [0, 0.05) is 7.11 Å². The van der Waals surface area contributed by atoms with Crippen molar-refractivity contribution in [3.8, 4) is 0 Å². The number of likely N-dealkylation sites (N-methyl/N-ethyl adjacent to an activating group) is 1. The van der Waals surface area contributed by atoms with Gasteiger partial charge in [-0.1, -0.05) is 0 Å². The van der Waals surface area contributed by atoms with Crippen LogP contribution in [0.1, 0.15) is 13.8 Å². The van der Waals surface area contributed by atoms with Gasteiger partial charge < -0.3 is 26.2 Å². The lowest BCUT2D eigenvalue weighted by Gasteiger charge is -2.31. The molecule has 0 aromatic carbocycles. The van der Waals surface area contributed by atoms with Crippen LogP contribution >= 0.6 is 0 Å². The summed E-state index contributed by atoms with van der Waals surface area (Å²) in [7, 11) is 4.02. The van der Waals surface area contributed by atoms with Crippen LogP contribution in [0.4, 0.5) is 0 Å². The Morgan fingerprint density at radius 2 is 1.64 bits per heavy atom. The molecular weight excluding hydrogens is 206 g/mol. The summed E-state index contributed by atoms with van der Waals surface area (Å²) in [4.78, 5) is 0. The number of quaternary nitrogens is 1. The first-order valence-corrected chi connectivity index (χ1v) is 4.01. The van der Waals surface area contributed by atoms with Crippen molar-refractivity contribution >= 4 is 0 Å². The third-order valence-corrected chi connectivity index (χ3v) is 2.36. The molecule has 11 heavy (non-hydrogen) atoms. The minimum absolute atomic E-state index is 0. The summed E-state index contributed by atoms with van der Waals surface area (Å²) in [6.07, 6.45) is 0. The molecule has 0 saturated heterocycles. The molecule has 0 amide bonds. The first-order chi connectivity index (χ1) is 4.68.